The Bertz CT molecular complexity index is 2850. The molecule has 15 atom stereocenters. The number of carbonyl (C=O) groups is 8. The van der Waals surface area contributed by atoms with E-state index in [9.17, 15) is 38.7 Å². The van der Waals surface area contributed by atoms with Crippen molar-refractivity contribution in [3.63, 3.8) is 0 Å². The molecular weight excluding hydrogens is 1260 g/mol. The van der Waals surface area contributed by atoms with E-state index in [1.54, 1.807) is 74.9 Å². The molecule has 0 radical (unpaired) electrons. The van der Waals surface area contributed by atoms with Crippen molar-refractivity contribution in [2.45, 2.75) is 208 Å². The molecule has 0 bridgehead atoms. The van der Waals surface area contributed by atoms with Crippen LogP contribution < -0.4 is 15.4 Å². The first-order valence-corrected chi connectivity index (χ1v) is 34.9. The number of methoxy groups -OCH3 is 2. The van der Waals surface area contributed by atoms with E-state index in [1.807, 2.05) is 66.7 Å². The van der Waals surface area contributed by atoms with Crippen LogP contribution in [0.2, 0.25) is 0 Å². The second kappa shape index (κ2) is 43.2. The van der Waals surface area contributed by atoms with Gasteiger partial charge in [-0.3, -0.25) is 33.6 Å². The van der Waals surface area contributed by atoms with E-state index in [0.717, 1.165) is 0 Å². The molecule has 0 spiro atoms. The molecular formula is C74H115N5O19. The number of benzene rings is 2. The number of nitrogens with zero attached hydrogens (tertiary/aromatic N) is 3. The van der Waals surface area contributed by atoms with Crippen LogP contribution in [0.5, 0.6) is 5.75 Å². The van der Waals surface area contributed by atoms with Crippen LogP contribution in [-0.2, 0) is 82.8 Å². The average molecular weight is 1380 g/mol. The molecule has 24 nitrogen and oxygen atoms in total. The number of amides is 5. The molecule has 2 aliphatic heterocycles. The van der Waals surface area contributed by atoms with Gasteiger partial charge in [-0.25, -0.2) is 4.79 Å². The number of likely N-dealkylation sites (N-methyl/N-ethyl adjacent to an activating group) is 2. The van der Waals surface area contributed by atoms with Crippen molar-refractivity contribution in [1.29, 1.82) is 0 Å². The number of Topliss-reactive ketones (excluding diaryl/α,β-unsaturated/α-hetero) is 2. The van der Waals surface area contributed by atoms with E-state index in [2.05, 4.69) is 16.6 Å². The third-order valence-electron chi connectivity index (χ3n) is 19.1. The fourth-order valence-corrected chi connectivity index (χ4v) is 12.9. The molecule has 98 heavy (non-hydrogen) atoms. The Labute approximate surface area is 582 Å². The van der Waals surface area contributed by atoms with Gasteiger partial charge in [0.25, 0.3) is 0 Å². The van der Waals surface area contributed by atoms with Crippen molar-refractivity contribution in [2.75, 3.05) is 93.0 Å². The van der Waals surface area contributed by atoms with Gasteiger partial charge in [0.05, 0.1) is 101 Å². The molecule has 2 aromatic carbocycles. The van der Waals surface area contributed by atoms with Crippen molar-refractivity contribution in [1.82, 2.24) is 20.0 Å². The highest BCUT2D eigenvalue weighted by atomic mass is 16.7. The molecule has 0 aliphatic carbocycles. The van der Waals surface area contributed by atoms with Crippen molar-refractivity contribution in [2.24, 2.45) is 41.4 Å². The van der Waals surface area contributed by atoms with Crippen LogP contribution >= 0.6 is 0 Å². The van der Waals surface area contributed by atoms with Gasteiger partial charge >= 0.3 is 12.1 Å². The molecule has 5 amide bonds. The Morgan fingerprint density at radius 2 is 1.43 bits per heavy atom. The van der Waals surface area contributed by atoms with E-state index in [0.29, 0.717) is 95.3 Å². The molecule has 3 N–H and O–H groups in total. The normalized spacial score (nSPS) is 20.5. The van der Waals surface area contributed by atoms with Crippen LogP contribution in [0.25, 0.3) is 0 Å². The average Bonchev–Trinajstić information content (AvgIpc) is 1.13. The number of carbonyl (C=O) groups excluding carboxylic acids is 8. The highest BCUT2D eigenvalue weighted by molar-refractivity contribution is 5.94. The number of aliphatic hydroxyl groups excluding tert-OH is 1. The molecule has 24 heteroatoms. The predicted octanol–water partition coefficient (Wildman–Crippen LogP) is 8.76. The number of esters is 1. The summed E-state index contributed by atoms with van der Waals surface area (Å²) in [7, 11) is 6.17. The number of ketones is 2. The Balaban J connectivity index is 1.45. The first-order chi connectivity index (χ1) is 46.6. The summed E-state index contributed by atoms with van der Waals surface area (Å²) in [6.45, 7) is 24.9. The summed E-state index contributed by atoms with van der Waals surface area (Å²) < 4.78 is 58.3. The van der Waals surface area contributed by atoms with Gasteiger partial charge in [-0.2, -0.15) is 0 Å². The topological polar surface area (TPSA) is 283 Å². The number of nitrogens with one attached hydrogen (secondary N) is 2. The molecule has 2 saturated heterocycles. The summed E-state index contributed by atoms with van der Waals surface area (Å²) in [4.78, 5) is 116. The molecule has 2 heterocycles. The van der Waals surface area contributed by atoms with Crippen molar-refractivity contribution < 1.29 is 90.8 Å². The zero-order valence-corrected chi connectivity index (χ0v) is 61.1. The third kappa shape index (κ3) is 25.9. The minimum atomic E-state index is -1.07. The first-order valence-electron chi connectivity index (χ1n) is 34.9. The number of aliphatic hydroxyl groups is 1. The first kappa shape index (κ1) is 83.9. The van der Waals surface area contributed by atoms with Gasteiger partial charge in [0, 0.05) is 97.2 Å². The van der Waals surface area contributed by atoms with E-state index < -0.39 is 97.2 Å². The van der Waals surface area contributed by atoms with Crippen molar-refractivity contribution in [3.8, 4) is 18.1 Å². The Morgan fingerprint density at radius 1 is 0.786 bits per heavy atom. The smallest absolute Gasteiger partial charge is 0.410 e. The van der Waals surface area contributed by atoms with Gasteiger partial charge in [-0.05, 0) is 80.5 Å². The van der Waals surface area contributed by atoms with Crippen LogP contribution in [0.3, 0.4) is 0 Å². The lowest BCUT2D eigenvalue weighted by Crippen LogP contribution is -2.55. The number of hydrogen-bond donors (Lipinski definition) is 3. The summed E-state index contributed by atoms with van der Waals surface area (Å²) >= 11 is 0. The van der Waals surface area contributed by atoms with Gasteiger partial charge in [-0.1, -0.05) is 105 Å². The van der Waals surface area contributed by atoms with Crippen LogP contribution in [0.1, 0.15) is 158 Å². The highest BCUT2D eigenvalue weighted by Gasteiger charge is 2.46. The maximum absolute atomic E-state index is 15.0. The molecule has 2 unspecified atom stereocenters. The lowest BCUT2D eigenvalue weighted by atomic mass is 9.83. The van der Waals surface area contributed by atoms with Gasteiger partial charge in [0.2, 0.25) is 29.9 Å². The molecule has 550 valence electrons. The largest absolute Gasteiger partial charge is 0.460 e. The Kier molecular flexibility index (Phi) is 36.9. The summed E-state index contributed by atoms with van der Waals surface area (Å²) in [6, 6.07) is 11.1. The Hall–Kier alpha value is -6.56. The third-order valence-corrected chi connectivity index (χ3v) is 19.1. The summed E-state index contributed by atoms with van der Waals surface area (Å²) in [5.74, 6) is -2.41. The quantitative estimate of drug-likeness (QED) is 0.0317. The van der Waals surface area contributed by atoms with Gasteiger partial charge in [-0.15, -0.1) is 6.42 Å². The van der Waals surface area contributed by atoms with Crippen LogP contribution in [0.4, 0.5) is 10.5 Å². The van der Waals surface area contributed by atoms with Gasteiger partial charge in [0.15, 0.2) is 11.9 Å². The fraction of sp³-hybridized carbons (Fsp3) is 0.703. The predicted molar refractivity (Wildman–Crippen MR) is 369 cm³/mol. The summed E-state index contributed by atoms with van der Waals surface area (Å²) in [6.07, 6.45) is 1.91. The number of anilines is 1. The minimum absolute atomic E-state index is 0.00661. The number of likely N-dealkylation sites (tertiary alicyclic amines) is 1. The zero-order chi connectivity index (χ0) is 72.8. The second-order valence-electron chi connectivity index (χ2n) is 26.8. The lowest BCUT2D eigenvalue weighted by molar-refractivity contribution is -0.243. The number of terminal acetylenes is 1. The standard InChI is InChI=1S/C74H115N5O19/c1-18-34-91-36-38-93-40-41-94-39-37-92-35-24-27-58(81)30-32-64(83)76-57-29-31-62(98-73-70(97-54(13)80)50(9)49(8)53(12)96-73)56(42-57)45-95-74(88)78(15)66(47(5)6)61(82)43-59(46(3)4)72(87)77(14)67(48(7)19-2)63(89-16)44-65(84)79-33-23-28-60(79)69(90-17)51(10)71(86)75-52(11)68(85)55-25-21-20-22-26-55/h1,20-22,25-26,29,31,42,46-53,59-60,63,66-70,73,85H,19,23-24,27-28,30,32-41,43-45H2,2-17H3,(H,75,86)(H,76,83)/t48-,49-,50?,51+,52+,53?,59-,60-,63+,66-,67-,68+,69+,70-,73-/m0/s1. The van der Waals surface area contributed by atoms with Gasteiger partial charge in [0.1, 0.15) is 24.7 Å². The van der Waals surface area contributed by atoms with E-state index in [-0.39, 0.29) is 104 Å². The molecule has 2 aliphatic rings. The molecule has 4 rings (SSSR count). The molecule has 0 saturated carbocycles. The van der Waals surface area contributed by atoms with Gasteiger partial charge < -0.3 is 77.8 Å². The fourth-order valence-electron chi connectivity index (χ4n) is 12.9. The van der Waals surface area contributed by atoms with E-state index in [4.69, 9.17) is 53.8 Å². The number of rotatable bonds is 44. The lowest BCUT2D eigenvalue weighted by Gasteiger charge is -2.42. The zero-order valence-electron chi connectivity index (χ0n) is 61.1. The summed E-state index contributed by atoms with van der Waals surface area (Å²) in [5, 5.41) is 16.8. The minimum Gasteiger partial charge on any atom is -0.460 e. The molecule has 0 aromatic heterocycles. The summed E-state index contributed by atoms with van der Waals surface area (Å²) in [5.41, 5.74) is 1.27. The maximum Gasteiger partial charge on any atom is 0.410 e. The van der Waals surface area contributed by atoms with Crippen LogP contribution in [-0.4, -0.2) is 210 Å². The monoisotopic (exact) mass is 1380 g/mol. The van der Waals surface area contributed by atoms with Crippen LogP contribution in [0.15, 0.2) is 48.5 Å². The SMILES string of the molecule is C#CCOCCOCCOCCOCCCC(=O)CCC(=O)Nc1ccc(O[C@@H]2OC(C)[C@@H](C)C(C)[C@@H]2OC(C)=O)c(COC(=O)N(C)[C@H](C(=O)C[C@H](C(=O)N(C)[C@@H]([C@@H](C)CC)[C@@H](CC(=O)N2CCC[C@H]2[C@H](OC)[C@@H](C)C(=O)N[C@H](C)[C@@H](O)c2ccccc2)OC)C(C)C)C(C)C)c1. The van der Waals surface area contributed by atoms with Crippen LogP contribution in [0, 0.1) is 53.8 Å². The second-order valence-corrected chi connectivity index (χ2v) is 26.8. The Morgan fingerprint density at radius 3 is 2.02 bits per heavy atom. The highest BCUT2D eigenvalue weighted by Crippen LogP contribution is 2.37. The van der Waals surface area contributed by atoms with Crippen molar-refractivity contribution in [3.05, 3.63) is 59.7 Å². The van der Waals surface area contributed by atoms with E-state index >= 15 is 4.79 Å². The molecule has 2 fully saturated rings. The number of hydrogen-bond acceptors (Lipinski definition) is 19. The van der Waals surface area contributed by atoms with E-state index in [1.165, 1.54) is 33.1 Å². The molecule has 2 aromatic rings. The number of ether oxygens (including phenoxy) is 10. The maximum atomic E-state index is 15.0. The van der Waals surface area contributed by atoms with Crippen molar-refractivity contribution >= 4 is 52.9 Å².